The average molecular weight is 529 g/mol. The van der Waals surface area contributed by atoms with E-state index in [0.717, 1.165) is 16.9 Å². The molecule has 39 heavy (non-hydrogen) atoms. The van der Waals surface area contributed by atoms with Crippen LogP contribution in [0, 0.1) is 6.92 Å². The van der Waals surface area contributed by atoms with Crippen LogP contribution in [0.3, 0.4) is 0 Å². The van der Waals surface area contributed by atoms with Crippen molar-refractivity contribution in [3.8, 4) is 17.1 Å². The molecule has 0 spiro atoms. The Kier molecular flexibility index (Phi) is 8.70. The SMILES string of the molecule is C=CCOC(=O)c1c(C)nc(-c2ccccc2)nc1C(=O)N1CCN(C(=O)Cc2ccc(OC)cc2)C(C)C1. The van der Waals surface area contributed by atoms with Gasteiger partial charge in [-0.25, -0.2) is 14.8 Å². The Morgan fingerprint density at radius 1 is 1.05 bits per heavy atom. The van der Waals surface area contributed by atoms with Gasteiger partial charge in [-0.3, -0.25) is 9.59 Å². The summed E-state index contributed by atoms with van der Waals surface area (Å²) in [5.41, 5.74) is 1.98. The lowest BCUT2D eigenvalue weighted by Crippen LogP contribution is -2.56. The number of amides is 2. The molecule has 1 unspecified atom stereocenters. The van der Waals surface area contributed by atoms with E-state index in [1.807, 2.05) is 61.5 Å². The minimum atomic E-state index is -0.684. The highest BCUT2D eigenvalue weighted by molar-refractivity contribution is 6.05. The van der Waals surface area contributed by atoms with Crippen LogP contribution in [0.1, 0.15) is 39.0 Å². The maximum atomic E-state index is 13.8. The summed E-state index contributed by atoms with van der Waals surface area (Å²) in [5.74, 6) is -0.0281. The van der Waals surface area contributed by atoms with E-state index in [0.29, 0.717) is 31.2 Å². The van der Waals surface area contributed by atoms with E-state index in [9.17, 15) is 14.4 Å². The minimum absolute atomic E-state index is 0.00163. The molecule has 1 aliphatic rings. The zero-order valence-electron chi connectivity index (χ0n) is 22.4. The quantitative estimate of drug-likeness (QED) is 0.324. The Balaban J connectivity index is 1.55. The van der Waals surface area contributed by atoms with Gasteiger partial charge in [0.05, 0.1) is 19.2 Å². The summed E-state index contributed by atoms with van der Waals surface area (Å²) in [7, 11) is 1.60. The second kappa shape index (κ2) is 12.3. The van der Waals surface area contributed by atoms with Crippen LogP contribution in [0.5, 0.6) is 5.75 Å². The lowest BCUT2D eigenvalue weighted by molar-refractivity contribution is -0.134. The van der Waals surface area contributed by atoms with Gasteiger partial charge in [0.15, 0.2) is 5.82 Å². The third kappa shape index (κ3) is 6.31. The normalized spacial score (nSPS) is 15.0. The van der Waals surface area contributed by atoms with Gasteiger partial charge in [-0.2, -0.15) is 0 Å². The van der Waals surface area contributed by atoms with Crippen LogP contribution in [0.25, 0.3) is 11.4 Å². The first-order chi connectivity index (χ1) is 18.8. The number of hydrogen-bond acceptors (Lipinski definition) is 7. The first-order valence-electron chi connectivity index (χ1n) is 12.8. The molecule has 1 saturated heterocycles. The third-order valence-electron chi connectivity index (χ3n) is 6.61. The molecule has 0 N–H and O–H groups in total. The number of carbonyl (C=O) groups excluding carboxylic acids is 3. The Morgan fingerprint density at radius 2 is 1.77 bits per heavy atom. The number of hydrogen-bond donors (Lipinski definition) is 0. The van der Waals surface area contributed by atoms with Crippen molar-refractivity contribution in [2.24, 2.45) is 0 Å². The lowest BCUT2D eigenvalue weighted by Gasteiger charge is -2.40. The molecule has 0 radical (unpaired) electrons. The van der Waals surface area contributed by atoms with E-state index in [4.69, 9.17) is 9.47 Å². The Bertz CT molecular complexity index is 1360. The molecule has 9 nitrogen and oxygen atoms in total. The van der Waals surface area contributed by atoms with Crippen LogP contribution in [-0.2, 0) is 16.0 Å². The predicted octanol–water partition coefficient (Wildman–Crippen LogP) is 3.72. The molecule has 4 rings (SSSR count). The number of esters is 1. The Morgan fingerprint density at radius 3 is 2.41 bits per heavy atom. The highest BCUT2D eigenvalue weighted by atomic mass is 16.5. The number of benzene rings is 2. The second-order valence-corrected chi connectivity index (χ2v) is 9.32. The fourth-order valence-corrected chi connectivity index (χ4v) is 4.58. The molecular formula is C30H32N4O5. The standard InChI is InChI=1S/C30H32N4O5/c1-5-17-39-30(37)26-21(3)31-28(23-9-7-6-8-10-23)32-27(26)29(36)33-15-16-34(20(2)19-33)25(35)18-22-11-13-24(38-4)14-12-22/h5-14,20H,1,15-19H2,2-4H3. The molecule has 2 aromatic carbocycles. The molecule has 1 aliphatic heterocycles. The van der Waals surface area contributed by atoms with Crippen LogP contribution in [-0.4, -0.2) is 76.9 Å². The van der Waals surface area contributed by atoms with Crippen molar-refractivity contribution in [1.29, 1.82) is 0 Å². The van der Waals surface area contributed by atoms with Gasteiger partial charge in [0.2, 0.25) is 5.91 Å². The van der Waals surface area contributed by atoms with Gasteiger partial charge in [0.1, 0.15) is 23.6 Å². The zero-order chi connectivity index (χ0) is 27.9. The van der Waals surface area contributed by atoms with Gasteiger partial charge in [-0.15, -0.1) is 0 Å². The Hall–Kier alpha value is -4.53. The number of nitrogens with zero attached hydrogens (tertiary/aromatic N) is 4. The summed E-state index contributed by atoms with van der Waals surface area (Å²) in [4.78, 5) is 52.2. The fourth-order valence-electron chi connectivity index (χ4n) is 4.58. The Labute approximate surface area is 228 Å². The molecule has 1 atom stereocenters. The summed E-state index contributed by atoms with van der Waals surface area (Å²) < 4.78 is 10.4. The van der Waals surface area contributed by atoms with Crippen LogP contribution in [0.4, 0.5) is 0 Å². The van der Waals surface area contributed by atoms with Crippen molar-refractivity contribution in [2.75, 3.05) is 33.4 Å². The molecule has 2 amide bonds. The molecular weight excluding hydrogens is 496 g/mol. The lowest BCUT2D eigenvalue weighted by atomic mass is 10.1. The smallest absolute Gasteiger partial charge is 0.342 e. The second-order valence-electron chi connectivity index (χ2n) is 9.32. The fraction of sp³-hybridized carbons (Fsp3) is 0.300. The van der Waals surface area contributed by atoms with Gasteiger partial charge in [0, 0.05) is 31.2 Å². The van der Waals surface area contributed by atoms with Crippen LogP contribution < -0.4 is 4.74 Å². The van der Waals surface area contributed by atoms with Crippen molar-refractivity contribution in [1.82, 2.24) is 19.8 Å². The molecule has 0 bridgehead atoms. The van der Waals surface area contributed by atoms with Crippen molar-refractivity contribution in [3.05, 3.63) is 89.8 Å². The van der Waals surface area contributed by atoms with Gasteiger partial charge in [-0.1, -0.05) is 55.1 Å². The predicted molar refractivity (Wildman–Crippen MR) is 146 cm³/mol. The maximum Gasteiger partial charge on any atom is 0.342 e. The molecule has 9 heteroatoms. The maximum absolute atomic E-state index is 13.8. The summed E-state index contributed by atoms with van der Waals surface area (Å²) in [6.45, 7) is 8.12. The van der Waals surface area contributed by atoms with Gasteiger partial charge in [-0.05, 0) is 31.5 Å². The van der Waals surface area contributed by atoms with Gasteiger partial charge in [0.25, 0.3) is 5.91 Å². The van der Waals surface area contributed by atoms with E-state index in [-0.39, 0.29) is 36.2 Å². The van der Waals surface area contributed by atoms with Gasteiger partial charge < -0.3 is 19.3 Å². The summed E-state index contributed by atoms with van der Waals surface area (Å²) in [5, 5.41) is 0. The van der Waals surface area contributed by atoms with Crippen molar-refractivity contribution in [2.45, 2.75) is 26.3 Å². The molecule has 0 aliphatic carbocycles. The number of ether oxygens (including phenoxy) is 2. The number of carbonyl (C=O) groups is 3. The van der Waals surface area contributed by atoms with E-state index in [2.05, 4.69) is 16.5 Å². The largest absolute Gasteiger partial charge is 0.497 e. The van der Waals surface area contributed by atoms with E-state index < -0.39 is 11.9 Å². The minimum Gasteiger partial charge on any atom is -0.497 e. The highest BCUT2D eigenvalue weighted by Crippen LogP contribution is 2.23. The van der Waals surface area contributed by atoms with Crippen LogP contribution >= 0.6 is 0 Å². The molecule has 202 valence electrons. The first-order valence-corrected chi connectivity index (χ1v) is 12.8. The van der Waals surface area contributed by atoms with E-state index in [1.165, 1.54) is 6.08 Å². The average Bonchev–Trinajstić information content (AvgIpc) is 2.95. The monoisotopic (exact) mass is 528 g/mol. The molecule has 0 saturated carbocycles. The molecule has 1 aromatic heterocycles. The summed E-state index contributed by atoms with van der Waals surface area (Å²) in [6.07, 6.45) is 1.71. The van der Waals surface area contributed by atoms with Crippen LogP contribution in [0.15, 0.2) is 67.3 Å². The number of methoxy groups -OCH3 is 1. The molecule has 3 aromatic rings. The van der Waals surface area contributed by atoms with Crippen molar-refractivity contribution < 1.29 is 23.9 Å². The van der Waals surface area contributed by atoms with Crippen molar-refractivity contribution >= 4 is 17.8 Å². The van der Waals surface area contributed by atoms with Crippen LogP contribution in [0.2, 0.25) is 0 Å². The highest BCUT2D eigenvalue weighted by Gasteiger charge is 2.34. The zero-order valence-corrected chi connectivity index (χ0v) is 22.4. The summed E-state index contributed by atoms with van der Waals surface area (Å²) in [6, 6.07) is 16.4. The van der Waals surface area contributed by atoms with E-state index >= 15 is 0 Å². The topological polar surface area (TPSA) is 102 Å². The number of rotatable bonds is 8. The van der Waals surface area contributed by atoms with E-state index in [1.54, 1.807) is 23.8 Å². The number of aryl methyl sites for hydroxylation is 1. The first kappa shape index (κ1) is 27.5. The number of piperazine rings is 1. The number of aromatic nitrogens is 2. The molecule has 2 heterocycles. The van der Waals surface area contributed by atoms with Crippen molar-refractivity contribution in [3.63, 3.8) is 0 Å². The third-order valence-corrected chi connectivity index (χ3v) is 6.61. The molecule has 1 fully saturated rings. The van der Waals surface area contributed by atoms with Gasteiger partial charge >= 0.3 is 5.97 Å². The summed E-state index contributed by atoms with van der Waals surface area (Å²) >= 11 is 0.